The lowest BCUT2D eigenvalue weighted by Crippen LogP contribution is -2.46. The fraction of sp³-hybridized carbons (Fsp3) is 0.389. The number of allylic oxidation sites excluding steroid dienone is 4. The van der Waals surface area contributed by atoms with E-state index < -0.39 is 12.8 Å². The van der Waals surface area contributed by atoms with Crippen LogP contribution in [0.15, 0.2) is 57.6 Å². The fourth-order valence-electron chi connectivity index (χ4n) is 3.04. The zero-order valence-corrected chi connectivity index (χ0v) is 15.5. The molecule has 0 spiro atoms. The molecule has 0 saturated carbocycles. The molecule has 0 aromatic carbocycles. The number of amides is 1. The maximum absolute atomic E-state index is 12.8. The van der Waals surface area contributed by atoms with Crippen LogP contribution in [0, 0.1) is 0 Å². The van der Waals surface area contributed by atoms with E-state index in [1.54, 1.807) is 24.0 Å². The van der Waals surface area contributed by atoms with Gasteiger partial charge in [0.05, 0.1) is 11.7 Å². The Morgan fingerprint density at radius 3 is 2.78 bits per heavy atom. The van der Waals surface area contributed by atoms with Gasteiger partial charge in [0.1, 0.15) is 0 Å². The van der Waals surface area contributed by atoms with Crippen molar-refractivity contribution in [3.05, 3.63) is 57.6 Å². The highest BCUT2D eigenvalue weighted by molar-refractivity contribution is 6.33. The van der Waals surface area contributed by atoms with Crippen molar-refractivity contribution in [1.82, 2.24) is 15.8 Å². The highest BCUT2D eigenvalue weighted by Crippen LogP contribution is 2.33. The summed E-state index contributed by atoms with van der Waals surface area (Å²) in [5, 5.41) is 0.570. The molecule has 0 radical (unpaired) electrons. The Morgan fingerprint density at radius 1 is 1.37 bits per heavy atom. The maximum atomic E-state index is 12.8. The number of hydrogen-bond donors (Lipinski definition) is 2. The lowest BCUT2D eigenvalue weighted by molar-refractivity contribution is -0.166. The van der Waals surface area contributed by atoms with Crippen molar-refractivity contribution in [3.63, 3.8) is 0 Å². The summed E-state index contributed by atoms with van der Waals surface area (Å²) in [5.74, 6) is -0.135. The number of alkyl halides is 3. The van der Waals surface area contributed by atoms with Crippen molar-refractivity contribution < 1.29 is 22.7 Å². The van der Waals surface area contributed by atoms with Gasteiger partial charge in [-0.25, -0.2) is 0 Å². The van der Waals surface area contributed by atoms with Gasteiger partial charge < -0.3 is 15.1 Å². The van der Waals surface area contributed by atoms with Gasteiger partial charge in [-0.2, -0.15) is 13.2 Å². The van der Waals surface area contributed by atoms with Crippen LogP contribution in [0.2, 0.25) is 0 Å². The smallest absolute Gasteiger partial charge is 0.422 e. The average Bonchev–Trinajstić information content (AvgIpc) is 2.80. The van der Waals surface area contributed by atoms with Crippen molar-refractivity contribution in [2.45, 2.75) is 32.5 Å². The summed E-state index contributed by atoms with van der Waals surface area (Å²) < 4.78 is 41.7. The molecule has 1 aliphatic carbocycles. The summed E-state index contributed by atoms with van der Waals surface area (Å²) in [6, 6.07) is -0.339. The Hall–Kier alpha value is -2.35. The molecule has 1 amide bonds. The number of nitrogens with zero attached hydrogens (tertiary/aromatic N) is 1. The topological polar surface area (TPSA) is 53.6 Å². The van der Waals surface area contributed by atoms with Crippen LogP contribution < -0.4 is 10.9 Å². The van der Waals surface area contributed by atoms with Crippen molar-refractivity contribution in [1.29, 1.82) is 0 Å². The zero-order chi connectivity index (χ0) is 19.8. The highest BCUT2D eigenvalue weighted by atomic mass is 35.5. The number of rotatable bonds is 4. The molecule has 2 aliphatic heterocycles. The number of carbonyl (C=O) groups excluding carboxylic acids is 1. The number of hydrogen-bond acceptors (Lipinski definition) is 4. The number of halogens is 4. The molecule has 0 bridgehead atoms. The zero-order valence-electron chi connectivity index (χ0n) is 14.8. The lowest BCUT2D eigenvalue weighted by atomic mass is 10.1. The van der Waals surface area contributed by atoms with Crippen LogP contribution in [0.1, 0.15) is 20.3 Å². The van der Waals surface area contributed by atoms with Gasteiger partial charge in [0.15, 0.2) is 6.61 Å². The second-order valence-electron chi connectivity index (χ2n) is 6.46. The van der Waals surface area contributed by atoms with Crippen molar-refractivity contribution >= 4 is 17.5 Å². The first-order chi connectivity index (χ1) is 12.7. The summed E-state index contributed by atoms with van der Waals surface area (Å²) >= 11 is 6.28. The fourth-order valence-corrected chi connectivity index (χ4v) is 3.29. The number of nitrogens with one attached hydrogen (secondary N) is 2. The summed E-state index contributed by atoms with van der Waals surface area (Å²) in [6.45, 7) is 2.45. The molecule has 0 aromatic heterocycles. The maximum Gasteiger partial charge on any atom is 0.422 e. The quantitative estimate of drug-likeness (QED) is 0.758. The minimum Gasteiger partial charge on any atom is -0.468 e. The summed E-state index contributed by atoms with van der Waals surface area (Å²) in [6.07, 6.45) is 3.45. The Bertz CT molecular complexity index is 809. The van der Waals surface area contributed by atoms with E-state index in [9.17, 15) is 18.0 Å². The average molecular weight is 402 g/mol. The number of carbonyl (C=O) groups is 1. The highest BCUT2D eigenvalue weighted by Gasteiger charge is 2.35. The van der Waals surface area contributed by atoms with Crippen LogP contribution in [0.4, 0.5) is 13.2 Å². The van der Waals surface area contributed by atoms with E-state index in [0.717, 1.165) is 5.57 Å². The van der Waals surface area contributed by atoms with Crippen molar-refractivity contribution in [3.8, 4) is 0 Å². The Labute approximate surface area is 159 Å². The molecule has 0 saturated heterocycles. The molecule has 1 unspecified atom stereocenters. The third-order valence-corrected chi connectivity index (χ3v) is 4.88. The molecule has 27 heavy (non-hydrogen) atoms. The van der Waals surface area contributed by atoms with Crippen molar-refractivity contribution in [2.24, 2.45) is 0 Å². The van der Waals surface area contributed by atoms with Crippen molar-refractivity contribution in [2.75, 3.05) is 13.2 Å². The molecular weight excluding hydrogens is 383 g/mol. The molecule has 0 fully saturated rings. The first-order valence-electron chi connectivity index (χ1n) is 8.38. The standard InChI is InChI=1S/C18H19ClF3N3O2/c1-10-7-15(23-24-16(10)27-9-18(20,21)22)11(2)25-8-13-12(17(25)26)5-3-4-6-14(13)19/h3,5-7,11,23-24H,4,8-9H2,1-2H3. The molecule has 2 N–H and O–H groups in total. The minimum absolute atomic E-state index is 0.00107. The van der Waals surface area contributed by atoms with Crippen LogP contribution in [-0.4, -0.2) is 36.2 Å². The number of ether oxygens (including phenoxy) is 1. The van der Waals surface area contributed by atoms with E-state index >= 15 is 0 Å². The molecule has 9 heteroatoms. The normalized spacial score (nSPS) is 21.3. The van der Waals surface area contributed by atoms with Gasteiger partial charge in [-0.05, 0) is 26.3 Å². The van der Waals surface area contributed by atoms with E-state index in [-0.39, 0.29) is 17.8 Å². The van der Waals surface area contributed by atoms with E-state index in [1.165, 1.54) is 0 Å². The van der Waals surface area contributed by atoms with Crippen LogP contribution in [-0.2, 0) is 9.53 Å². The first kappa shape index (κ1) is 19.4. The van der Waals surface area contributed by atoms with Crippen LogP contribution in [0.3, 0.4) is 0 Å². The predicted octanol–water partition coefficient (Wildman–Crippen LogP) is 3.40. The molecule has 1 atom stereocenters. The van der Waals surface area contributed by atoms with E-state index in [2.05, 4.69) is 10.9 Å². The van der Waals surface area contributed by atoms with E-state index in [4.69, 9.17) is 16.3 Å². The molecule has 2 heterocycles. The van der Waals surface area contributed by atoms with Crippen LogP contribution >= 0.6 is 11.6 Å². The molecule has 5 nitrogen and oxygen atoms in total. The largest absolute Gasteiger partial charge is 0.468 e. The number of hydrazine groups is 1. The van der Waals surface area contributed by atoms with Crippen LogP contribution in [0.25, 0.3) is 0 Å². The molecule has 0 aromatic rings. The second kappa shape index (κ2) is 7.34. The van der Waals surface area contributed by atoms with Gasteiger partial charge in [-0.1, -0.05) is 29.8 Å². The Balaban J connectivity index is 1.74. The second-order valence-corrected chi connectivity index (χ2v) is 6.86. The van der Waals surface area contributed by atoms with Gasteiger partial charge in [0.25, 0.3) is 5.91 Å². The van der Waals surface area contributed by atoms with Crippen LogP contribution in [0.5, 0.6) is 0 Å². The predicted molar refractivity (Wildman–Crippen MR) is 95.0 cm³/mol. The first-order valence-corrected chi connectivity index (χ1v) is 8.76. The third-order valence-electron chi connectivity index (χ3n) is 4.50. The third kappa shape index (κ3) is 4.16. The lowest BCUT2D eigenvalue weighted by Gasteiger charge is -2.31. The van der Waals surface area contributed by atoms with Gasteiger partial charge in [-0.3, -0.25) is 10.2 Å². The SMILES string of the molecule is CC1=C(OCC(F)(F)F)NNC(C(C)N2CC3=C(C=CCC=C3Cl)C2=O)=C1. The van der Waals surface area contributed by atoms with E-state index in [0.29, 0.717) is 34.8 Å². The van der Waals surface area contributed by atoms with Gasteiger partial charge in [0.2, 0.25) is 5.88 Å². The van der Waals surface area contributed by atoms with Gasteiger partial charge in [0, 0.05) is 28.3 Å². The molecule has 3 rings (SSSR count). The molecular formula is C18H19ClF3N3O2. The Morgan fingerprint density at radius 2 is 2.11 bits per heavy atom. The summed E-state index contributed by atoms with van der Waals surface area (Å²) in [4.78, 5) is 14.4. The molecule has 146 valence electrons. The summed E-state index contributed by atoms with van der Waals surface area (Å²) in [7, 11) is 0. The minimum atomic E-state index is -4.42. The van der Waals surface area contributed by atoms with Gasteiger partial charge in [-0.15, -0.1) is 0 Å². The monoisotopic (exact) mass is 401 g/mol. The summed E-state index contributed by atoms with van der Waals surface area (Å²) in [5.41, 5.74) is 7.95. The van der Waals surface area contributed by atoms with Gasteiger partial charge >= 0.3 is 6.18 Å². The van der Waals surface area contributed by atoms with E-state index in [1.807, 2.05) is 19.1 Å². The molecule has 3 aliphatic rings. The Kier molecular flexibility index (Phi) is 5.28.